The molecule has 0 aliphatic carbocycles. The van der Waals surface area contributed by atoms with Crippen molar-refractivity contribution in [1.29, 1.82) is 0 Å². The first-order chi connectivity index (χ1) is 9.02. The standard InChI is InChI=1S/C16H28N2O/c1-5-13-6-7-15(19-4)14(10-13)11-18-9-8-16(2,3)12-17/h6-7,10,18H,5,8-9,11-12,17H2,1-4H3. The van der Waals surface area contributed by atoms with E-state index in [4.69, 9.17) is 10.5 Å². The van der Waals surface area contributed by atoms with Crippen molar-refractivity contribution in [1.82, 2.24) is 5.32 Å². The summed E-state index contributed by atoms with van der Waals surface area (Å²) in [7, 11) is 1.72. The molecule has 0 heterocycles. The van der Waals surface area contributed by atoms with Gasteiger partial charge in [-0.25, -0.2) is 0 Å². The van der Waals surface area contributed by atoms with Crippen molar-refractivity contribution >= 4 is 0 Å². The van der Waals surface area contributed by atoms with Crippen LogP contribution in [0.4, 0.5) is 0 Å². The van der Waals surface area contributed by atoms with Gasteiger partial charge in [-0.2, -0.15) is 0 Å². The van der Waals surface area contributed by atoms with Crippen LogP contribution in [0.2, 0.25) is 0 Å². The van der Waals surface area contributed by atoms with Gasteiger partial charge in [-0.3, -0.25) is 0 Å². The molecule has 3 N–H and O–H groups in total. The molecule has 0 saturated heterocycles. The lowest BCUT2D eigenvalue weighted by molar-refractivity contribution is 0.338. The molecule has 0 atom stereocenters. The van der Waals surface area contributed by atoms with Gasteiger partial charge in [-0.1, -0.05) is 32.9 Å². The fraction of sp³-hybridized carbons (Fsp3) is 0.625. The van der Waals surface area contributed by atoms with E-state index in [1.165, 1.54) is 11.1 Å². The van der Waals surface area contributed by atoms with Gasteiger partial charge in [0.1, 0.15) is 5.75 Å². The number of rotatable bonds is 8. The molecule has 1 aromatic carbocycles. The smallest absolute Gasteiger partial charge is 0.123 e. The average Bonchev–Trinajstić information content (AvgIpc) is 2.43. The molecule has 0 spiro atoms. The van der Waals surface area contributed by atoms with Crippen molar-refractivity contribution in [2.75, 3.05) is 20.2 Å². The maximum atomic E-state index is 5.74. The molecule has 0 amide bonds. The van der Waals surface area contributed by atoms with Crippen LogP contribution in [0.25, 0.3) is 0 Å². The second-order valence-corrected chi connectivity index (χ2v) is 5.79. The van der Waals surface area contributed by atoms with Gasteiger partial charge in [-0.15, -0.1) is 0 Å². The first kappa shape index (κ1) is 16.0. The van der Waals surface area contributed by atoms with E-state index in [0.29, 0.717) is 0 Å². The summed E-state index contributed by atoms with van der Waals surface area (Å²) in [5.41, 5.74) is 8.52. The van der Waals surface area contributed by atoms with E-state index in [-0.39, 0.29) is 5.41 Å². The molecule has 3 heteroatoms. The average molecular weight is 264 g/mol. The zero-order valence-electron chi connectivity index (χ0n) is 12.8. The Kier molecular flexibility index (Phi) is 6.32. The Labute approximate surface area is 117 Å². The first-order valence-electron chi connectivity index (χ1n) is 7.09. The number of aryl methyl sites for hydroxylation is 1. The number of hydrogen-bond acceptors (Lipinski definition) is 3. The molecule has 1 aromatic rings. The molecule has 0 aromatic heterocycles. The molecule has 3 nitrogen and oxygen atoms in total. The molecule has 108 valence electrons. The Morgan fingerprint density at radius 3 is 2.63 bits per heavy atom. The maximum Gasteiger partial charge on any atom is 0.123 e. The second kappa shape index (κ2) is 7.51. The summed E-state index contributed by atoms with van der Waals surface area (Å²) in [6.45, 7) is 9.12. The molecule has 0 saturated carbocycles. The van der Waals surface area contributed by atoms with Crippen LogP contribution in [0.3, 0.4) is 0 Å². The summed E-state index contributed by atoms with van der Waals surface area (Å²) in [6.07, 6.45) is 2.14. The van der Waals surface area contributed by atoms with E-state index in [2.05, 4.69) is 44.3 Å². The lowest BCUT2D eigenvalue weighted by Crippen LogP contribution is -2.28. The highest BCUT2D eigenvalue weighted by Crippen LogP contribution is 2.21. The lowest BCUT2D eigenvalue weighted by Gasteiger charge is -2.22. The van der Waals surface area contributed by atoms with E-state index in [1.54, 1.807) is 7.11 Å². The van der Waals surface area contributed by atoms with Crippen LogP contribution in [0.1, 0.15) is 38.3 Å². The Morgan fingerprint density at radius 1 is 1.32 bits per heavy atom. The molecule has 0 bridgehead atoms. The molecule has 0 aliphatic rings. The van der Waals surface area contributed by atoms with Crippen LogP contribution >= 0.6 is 0 Å². The molecule has 0 radical (unpaired) electrons. The van der Waals surface area contributed by atoms with Gasteiger partial charge in [0.05, 0.1) is 7.11 Å². The summed E-state index contributed by atoms with van der Waals surface area (Å²) in [6, 6.07) is 6.40. The van der Waals surface area contributed by atoms with Crippen molar-refractivity contribution in [2.45, 2.75) is 40.2 Å². The molecular formula is C16H28N2O. The number of nitrogens with one attached hydrogen (secondary N) is 1. The third-order valence-corrected chi connectivity index (χ3v) is 3.60. The zero-order valence-corrected chi connectivity index (χ0v) is 12.8. The number of methoxy groups -OCH3 is 1. The highest BCUT2D eigenvalue weighted by Gasteiger charge is 2.14. The van der Waals surface area contributed by atoms with E-state index < -0.39 is 0 Å². The highest BCUT2D eigenvalue weighted by atomic mass is 16.5. The van der Waals surface area contributed by atoms with Crippen LogP contribution in [-0.2, 0) is 13.0 Å². The van der Waals surface area contributed by atoms with Crippen molar-refractivity contribution in [2.24, 2.45) is 11.1 Å². The molecule has 19 heavy (non-hydrogen) atoms. The van der Waals surface area contributed by atoms with Gasteiger partial charge in [0.15, 0.2) is 0 Å². The predicted octanol–water partition coefficient (Wildman–Crippen LogP) is 2.72. The molecule has 0 aliphatic heterocycles. The number of ether oxygens (including phenoxy) is 1. The zero-order chi connectivity index (χ0) is 14.3. The maximum absolute atomic E-state index is 5.74. The van der Waals surface area contributed by atoms with Gasteiger partial charge in [0, 0.05) is 12.1 Å². The summed E-state index contributed by atoms with van der Waals surface area (Å²) in [5.74, 6) is 0.961. The minimum absolute atomic E-state index is 0.211. The molecule has 0 unspecified atom stereocenters. The quantitative estimate of drug-likeness (QED) is 0.710. The van der Waals surface area contributed by atoms with E-state index in [0.717, 1.165) is 38.2 Å². The third kappa shape index (κ3) is 5.21. The van der Waals surface area contributed by atoms with E-state index in [1.807, 2.05) is 0 Å². The third-order valence-electron chi connectivity index (χ3n) is 3.60. The minimum Gasteiger partial charge on any atom is -0.496 e. The first-order valence-corrected chi connectivity index (χ1v) is 7.09. The van der Waals surface area contributed by atoms with Gasteiger partial charge in [0.2, 0.25) is 0 Å². The number of benzene rings is 1. The van der Waals surface area contributed by atoms with Crippen molar-refractivity contribution in [3.63, 3.8) is 0 Å². The number of hydrogen-bond donors (Lipinski definition) is 2. The van der Waals surface area contributed by atoms with Crippen LogP contribution in [0, 0.1) is 5.41 Å². The Hall–Kier alpha value is -1.06. The highest BCUT2D eigenvalue weighted by molar-refractivity contribution is 5.37. The Bertz CT molecular complexity index is 388. The van der Waals surface area contributed by atoms with Crippen molar-refractivity contribution in [3.05, 3.63) is 29.3 Å². The summed E-state index contributed by atoms with van der Waals surface area (Å²) >= 11 is 0. The second-order valence-electron chi connectivity index (χ2n) is 5.79. The monoisotopic (exact) mass is 264 g/mol. The summed E-state index contributed by atoms with van der Waals surface area (Å²) < 4.78 is 5.40. The fourth-order valence-electron chi connectivity index (χ4n) is 1.94. The normalized spacial score (nSPS) is 11.6. The molecular weight excluding hydrogens is 236 g/mol. The minimum atomic E-state index is 0.211. The van der Waals surface area contributed by atoms with Crippen LogP contribution in [0.5, 0.6) is 5.75 Å². The SMILES string of the molecule is CCc1ccc(OC)c(CNCCC(C)(C)CN)c1. The van der Waals surface area contributed by atoms with Crippen LogP contribution < -0.4 is 15.8 Å². The Balaban J connectivity index is 2.52. The summed E-state index contributed by atoms with van der Waals surface area (Å²) in [4.78, 5) is 0. The van der Waals surface area contributed by atoms with Gasteiger partial charge < -0.3 is 15.8 Å². The molecule has 0 fully saturated rings. The van der Waals surface area contributed by atoms with Gasteiger partial charge in [-0.05, 0) is 43.0 Å². The largest absolute Gasteiger partial charge is 0.496 e. The summed E-state index contributed by atoms with van der Waals surface area (Å²) in [5, 5.41) is 3.48. The van der Waals surface area contributed by atoms with Crippen LogP contribution in [0.15, 0.2) is 18.2 Å². The topological polar surface area (TPSA) is 47.3 Å². The number of nitrogens with two attached hydrogens (primary N) is 1. The van der Waals surface area contributed by atoms with E-state index >= 15 is 0 Å². The van der Waals surface area contributed by atoms with Crippen LogP contribution in [-0.4, -0.2) is 20.2 Å². The van der Waals surface area contributed by atoms with Gasteiger partial charge in [0.25, 0.3) is 0 Å². The fourth-order valence-corrected chi connectivity index (χ4v) is 1.94. The van der Waals surface area contributed by atoms with Crippen molar-refractivity contribution in [3.8, 4) is 5.75 Å². The van der Waals surface area contributed by atoms with Gasteiger partial charge >= 0.3 is 0 Å². The Morgan fingerprint density at radius 2 is 2.05 bits per heavy atom. The lowest BCUT2D eigenvalue weighted by atomic mass is 9.90. The van der Waals surface area contributed by atoms with Crippen molar-refractivity contribution < 1.29 is 4.74 Å². The van der Waals surface area contributed by atoms with E-state index in [9.17, 15) is 0 Å². The predicted molar refractivity (Wildman–Crippen MR) is 81.5 cm³/mol. The molecule has 1 rings (SSSR count).